The Balaban J connectivity index is 0.00000320. The third-order valence-corrected chi connectivity index (χ3v) is 8.24. The standard InChI is InChI=1S/C26H26ClN5O3S.H2/c27-22-3-6-24-21(17-22)10-13-31(24)16-11-26(33)32-14-8-20(9-15-32)19-1-4-23(5-2-19)36(34,35)30-25-7-12-28-18-29-25;/h1-7,10,12-13,17-18,20H,8-9,11,14-16H2,(H,28,29,30);1H. The minimum atomic E-state index is -3.72. The maximum absolute atomic E-state index is 12.8. The molecule has 0 atom stereocenters. The first-order chi connectivity index (χ1) is 17.4. The summed E-state index contributed by atoms with van der Waals surface area (Å²) in [5.41, 5.74) is 2.16. The molecule has 1 aliphatic rings. The van der Waals surface area contributed by atoms with Crippen molar-refractivity contribution in [2.24, 2.45) is 0 Å². The van der Waals surface area contributed by atoms with Gasteiger partial charge >= 0.3 is 0 Å². The lowest BCUT2D eigenvalue weighted by Crippen LogP contribution is -2.38. The molecule has 36 heavy (non-hydrogen) atoms. The Morgan fingerprint density at radius 1 is 1.08 bits per heavy atom. The Kier molecular flexibility index (Phi) is 6.93. The van der Waals surface area contributed by atoms with Crippen LogP contribution < -0.4 is 4.72 Å². The van der Waals surface area contributed by atoms with Crippen molar-refractivity contribution < 1.29 is 14.6 Å². The second-order valence-corrected chi connectivity index (χ2v) is 11.0. The summed E-state index contributed by atoms with van der Waals surface area (Å²) < 4.78 is 29.8. The van der Waals surface area contributed by atoms with E-state index < -0.39 is 10.0 Å². The first-order valence-electron chi connectivity index (χ1n) is 11.8. The van der Waals surface area contributed by atoms with Gasteiger partial charge in [-0.25, -0.2) is 18.4 Å². The number of carbonyl (C=O) groups excluding carboxylic acids is 1. The minimum absolute atomic E-state index is 0. The first kappa shape index (κ1) is 24.3. The first-order valence-corrected chi connectivity index (χ1v) is 13.7. The molecule has 2 aromatic carbocycles. The average Bonchev–Trinajstić information content (AvgIpc) is 3.29. The number of anilines is 1. The summed E-state index contributed by atoms with van der Waals surface area (Å²) >= 11 is 6.07. The maximum atomic E-state index is 12.8. The lowest BCUT2D eigenvalue weighted by Gasteiger charge is -2.32. The third-order valence-electron chi connectivity index (χ3n) is 6.63. The Labute approximate surface area is 216 Å². The molecule has 0 saturated carbocycles. The minimum Gasteiger partial charge on any atom is -0.347 e. The zero-order valence-electron chi connectivity index (χ0n) is 19.5. The Hall–Kier alpha value is -3.43. The quantitative estimate of drug-likeness (QED) is 0.369. The van der Waals surface area contributed by atoms with E-state index >= 15 is 0 Å². The molecule has 1 N–H and O–H groups in total. The summed E-state index contributed by atoms with van der Waals surface area (Å²) in [5.74, 6) is 0.667. The summed E-state index contributed by atoms with van der Waals surface area (Å²) in [5, 5.41) is 1.77. The lowest BCUT2D eigenvalue weighted by molar-refractivity contribution is -0.132. The fourth-order valence-corrected chi connectivity index (χ4v) is 5.86. The number of nitrogens with zero attached hydrogens (tertiary/aromatic N) is 4. The van der Waals surface area contributed by atoms with Gasteiger partial charge in [-0.05, 0) is 66.8 Å². The van der Waals surface area contributed by atoms with Gasteiger partial charge < -0.3 is 9.47 Å². The van der Waals surface area contributed by atoms with Crippen LogP contribution in [0, 0.1) is 0 Å². The molecule has 0 aliphatic carbocycles. The highest BCUT2D eigenvalue weighted by Crippen LogP contribution is 2.29. The number of likely N-dealkylation sites (tertiary alicyclic amines) is 1. The van der Waals surface area contributed by atoms with Crippen LogP contribution in [0.1, 0.15) is 32.2 Å². The Morgan fingerprint density at radius 3 is 2.58 bits per heavy atom. The van der Waals surface area contributed by atoms with Gasteiger partial charge in [-0.2, -0.15) is 0 Å². The molecular formula is C26H28ClN5O3S. The molecule has 0 bridgehead atoms. The predicted molar refractivity (Wildman–Crippen MR) is 142 cm³/mol. The highest BCUT2D eigenvalue weighted by molar-refractivity contribution is 7.92. The van der Waals surface area contributed by atoms with Crippen molar-refractivity contribution >= 4 is 44.3 Å². The molecular weight excluding hydrogens is 498 g/mol. The number of carbonyl (C=O) groups is 1. The van der Waals surface area contributed by atoms with Crippen molar-refractivity contribution in [3.63, 3.8) is 0 Å². The fourth-order valence-electron chi connectivity index (χ4n) is 4.67. The van der Waals surface area contributed by atoms with Crippen molar-refractivity contribution in [3.05, 3.63) is 83.9 Å². The molecule has 1 saturated heterocycles. The van der Waals surface area contributed by atoms with E-state index in [1.54, 1.807) is 12.1 Å². The highest BCUT2D eigenvalue weighted by atomic mass is 35.5. The fraction of sp³-hybridized carbons (Fsp3) is 0.269. The molecule has 10 heteroatoms. The zero-order chi connectivity index (χ0) is 25.1. The molecule has 1 fully saturated rings. The topological polar surface area (TPSA) is 97.2 Å². The van der Waals surface area contributed by atoms with Crippen molar-refractivity contribution in [3.8, 4) is 0 Å². The van der Waals surface area contributed by atoms with Crippen molar-refractivity contribution in [2.75, 3.05) is 17.8 Å². The largest absolute Gasteiger partial charge is 0.347 e. The van der Waals surface area contributed by atoms with Gasteiger partial charge in [0.25, 0.3) is 10.0 Å². The molecule has 1 aliphatic heterocycles. The number of hydrogen-bond acceptors (Lipinski definition) is 5. The van der Waals surface area contributed by atoms with Crippen LogP contribution >= 0.6 is 11.6 Å². The number of piperidine rings is 1. The number of aromatic nitrogens is 3. The molecule has 1 amide bonds. The van der Waals surface area contributed by atoms with E-state index in [1.165, 1.54) is 18.6 Å². The van der Waals surface area contributed by atoms with Gasteiger partial charge in [-0.15, -0.1) is 0 Å². The van der Waals surface area contributed by atoms with E-state index in [2.05, 4.69) is 19.3 Å². The van der Waals surface area contributed by atoms with Crippen molar-refractivity contribution in [1.82, 2.24) is 19.4 Å². The van der Waals surface area contributed by atoms with Gasteiger partial charge in [0.1, 0.15) is 12.1 Å². The zero-order valence-corrected chi connectivity index (χ0v) is 21.1. The number of halogens is 1. The summed E-state index contributed by atoms with van der Waals surface area (Å²) in [6.07, 6.45) is 6.90. The monoisotopic (exact) mass is 525 g/mol. The van der Waals surface area contributed by atoms with Crippen LogP contribution in [-0.2, 0) is 21.4 Å². The van der Waals surface area contributed by atoms with Crippen LogP contribution in [-0.4, -0.2) is 46.8 Å². The van der Waals surface area contributed by atoms with Gasteiger partial charge in [0.15, 0.2) is 0 Å². The molecule has 3 heterocycles. The summed E-state index contributed by atoms with van der Waals surface area (Å²) in [6, 6.07) is 16.2. The lowest BCUT2D eigenvalue weighted by atomic mass is 9.89. The number of fused-ring (bicyclic) bond motifs is 1. The summed E-state index contributed by atoms with van der Waals surface area (Å²) in [7, 11) is -3.72. The van der Waals surface area contributed by atoms with Crippen molar-refractivity contribution in [2.45, 2.75) is 36.6 Å². The third kappa shape index (κ3) is 5.37. The van der Waals surface area contributed by atoms with Gasteiger partial charge in [-0.1, -0.05) is 23.7 Å². The van der Waals surface area contributed by atoms with Gasteiger partial charge in [0, 0.05) is 55.8 Å². The summed E-state index contributed by atoms with van der Waals surface area (Å²) in [4.78, 5) is 22.6. The van der Waals surface area contributed by atoms with Gasteiger partial charge in [0.05, 0.1) is 4.90 Å². The number of aryl methyl sites for hydroxylation is 1. The molecule has 0 spiro atoms. The van der Waals surface area contributed by atoms with E-state index in [4.69, 9.17) is 11.6 Å². The number of nitrogens with one attached hydrogen (secondary N) is 1. The normalized spacial score (nSPS) is 14.8. The number of amides is 1. The molecule has 0 radical (unpaired) electrons. The molecule has 5 rings (SSSR count). The molecule has 2 aromatic heterocycles. The molecule has 4 aromatic rings. The second kappa shape index (κ2) is 10.3. The number of benzene rings is 2. The van der Waals surface area contributed by atoms with E-state index in [9.17, 15) is 13.2 Å². The van der Waals surface area contributed by atoms with Gasteiger partial charge in [-0.3, -0.25) is 9.52 Å². The second-order valence-electron chi connectivity index (χ2n) is 8.89. The van der Waals surface area contributed by atoms with E-state index in [1.807, 2.05) is 47.5 Å². The van der Waals surface area contributed by atoms with E-state index in [0.717, 1.165) is 29.3 Å². The summed E-state index contributed by atoms with van der Waals surface area (Å²) in [6.45, 7) is 2.02. The Bertz CT molecular complexity index is 1470. The smallest absolute Gasteiger partial charge is 0.263 e. The molecule has 8 nitrogen and oxygen atoms in total. The maximum Gasteiger partial charge on any atom is 0.263 e. The number of rotatable bonds is 7. The Morgan fingerprint density at radius 2 is 1.86 bits per heavy atom. The highest BCUT2D eigenvalue weighted by Gasteiger charge is 2.24. The number of hydrogen-bond donors (Lipinski definition) is 1. The molecule has 188 valence electrons. The van der Waals surface area contributed by atoms with E-state index in [-0.39, 0.29) is 18.0 Å². The van der Waals surface area contributed by atoms with Crippen LogP contribution in [0.4, 0.5) is 5.82 Å². The van der Waals surface area contributed by atoms with Crippen LogP contribution in [0.25, 0.3) is 10.9 Å². The SMILES string of the molecule is O=C(CCn1ccc2cc(Cl)ccc21)N1CCC(c2ccc(S(=O)(=O)Nc3ccncn3)cc2)CC1.[HH]. The average molecular weight is 526 g/mol. The van der Waals surface area contributed by atoms with Gasteiger partial charge in [0.2, 0.25) is 5.91 Å². The van der Waals surface area contributed by atoms with Crippen LogP contribution in [0.3, 0.4) is 0 Å². The van der Waals surface area contributed by atoms with Crippen molar-refractivity contribution in [1.29, 1.82) is 0 Å². The van der Waals surface area contributed by atoms with Crippen LogP contribution in [0.5, 0.6) is 0 Å². The van der Waals surface area contributed by atoms with Crippen LogP contribution in [0.15, 0.2) is 78.2 Å². The predicted octanol–water partition coefficient (Wildman–Crippen LogP) is 4.93. The van der Waals surface area contributed by atoms with E-state index in [0.29, 0.717) is 37.0 Å². The van der Waals surface area contributed by atoms with Crippen LogP contribution in [0.2, 0.25) is 5.02 Å². The number of sulfonamides is 1. The molecule has 0 unspecified atom stereocenters.